The predicted octanol–water partition coefficient (Wildman–Crippen LogP) is 10.8. The minimum absolute atomic E-state index is 0.0440. The summed E-state index contributed by atoms with van der Waals surface area (Å²) < 4.78 is 15.5. The van der Waals surface area contributed by atoms with Gasteiger partial charge in [0, 0.05) is 69.8 Å². The van der Waals surface area contributed by atoms with Crippen LogP contribution in [0, 0.1) is 54.7 Å². The van der Waals surface area contributed by atoms with Gasteiger partial charge in [0.25, 0.3) is 0 Å². The quantitative estimate of drug-likeness (QED) is 0.103. The number of allylic oxidation sites excluding steroid dienone is 8. The first-order valence-corrected chi connectivity index (χ1v) is 24.7. The molecular weight excluding hydrogens is 776 g/mol. The van der Waals surface area contributed by atoms with Crippen molar-refractivity contribution >= 4 is 17.3 Å². The molecule has 0 aromatic heterocycles. The molecule has 0 amide bonds. The van der Waals surface area contributed by atoms with Gasteiger partial charge < -0.3 is 14.4 Å². The van der Waals surface area contributed by atoms with E-state index in [9.17, 15) is 20.2 Å². The largest absolute Gasteiger partial charge is 0.376 e. The van der Waals surface area contributed by atoms with E-state index in [1.807, 2.05) is 0 Å². The Hall–Kier alpha value is -2.56. The molecule has 60 heavy (non-hydrogen) atoms. The van der Waals surface area contributed by atoms with Crippen molar-refractivity contribution in [3.63, 3.8) is 0 Å². The molecule has 0 spiro atoms. The SMILES string of the molecule is CC1(C)C(/C=C/C2=C(Cl)C(=C/C=C3/N(CCOC4CCCCC4)C4CC([N+](=O)[O-])CCC4C3(C)C)/C3CCCCC23)=[N+](CCOC2CCCCC2)C2CC([N+](=O)[O-])CCC21. The highest BCUT2D eigenvalue weighted by molar-refractivity contribution is 6.33. The summed E-state index contributed by atoms with van der Waals surface area (Å²) in [6.45, 7) is 12.2. The Balaban J connectivity index is 1.10. The maximum Gasteiger partial charge on any atom is 0.219 e. The zero-order valence-electron chi connectivity index (χ0n) is 37.2. The predicted molar refractivity (Wildman–Crippen MR) is 238 cm³/mol. The second kappa shape index (κ2) is 18.7. The molecule has 332 valence electrons. The molecule has 2 heterocycles. The van der Waals surface area contributed by atoms with Crippen LogP contribution in [0.15, 0.2) is 46.2 Å². The molecule has 6 aliphatic carbocycles. The van der Waals surface area contributed by atoms with Gasteiger partial charge in [-0.25, -0.2) is 4.58 Å². The molecule has 8 rings (SSSR count). The summed E-state index contributed by atoms with van der Waals surface area (Å²) in [5.41, 5.74) is 4.75. The van der Waals surface area contributed by atoms with Crippen LogP contribution in [0.25, 0.3) is 0 Å². The van der Waals surface area contributed by atoms with E-state index in [2.05, 4.69) is 61.5 Å². The van der Waals surface area contributed by atoms with Crippen LogP contribution in [0.4, 0.5) is 0 Å². The van der Waals surface area contributed by atoms with Crippen molar-refractivity contribution in [2.75, 3.05) is 26.3 Å². The van der Waals surface area contributed by atoms with Gasteiger partial charge in [0.15, 0.2) is 18.3 Å². The number of halogens is 1. The molecule has 0 aromatic rings. The third kappa shape index (κ3) is 8.83. The lowest BCUT2D eigenvalue weighted by atomic mass is 9.68. The zero-order valence-corrected chi connectivity index (χ0v) is 37.9. The van der Waals surface area contributed by atoms with Crippen molar-refractivity contribution in [3.05, 3.63) is 66.4 Å². The maximum absolute atomic E-state index is 12.1. The molecule has 0 N–H and O–H groups in total. The fraction of sp³-hybridized carbons (Fsp3) is 0.816. The first kappa shape index (κ1) is 44.1. The molecule has 8 aliphatic rings. The number of rotatable bonds is 13. The van der Waals surface area contributed by atoms with E-state index >= 15 is 0 Å². The molecule has 0 bridgehead atoms. The first-order chi connectivity index (χ1) is 28.9. The lowest BCUT2D eigenvalue weighted by Gasteiger charge is -2.35. The fourth-order valence-electron chi connectivity index (χ4n) is 13.9. The van der Waals surface area contributed by atoms with E-state index in [0.29, 0.717) is 74.8 Å². The van der Waals surface area contributed by atoms with E-state index in [4.69, 9.17) is 21.1 Å². The third-order valence-corrected chi connectivity index (χ3v) is 17.6. The summed E-state index contributed by atoms with van der Waals surface area (Å²) in [5, 5.41) is 25.1. The third-order valence-electron chi connectivity index (χ3n) is 17.2. The van der Waals surface area contributed by atoms with Gasteiger partial charge in [-0.05, 0) is 100 Å². The second-order valence-electron chi connectivity index (χ2n) is 21.1. The minimum Gasteiger partial charge on any atom is -0.376 e. The van der Waals surface area contributed by atoms with Crippen LogP contribution < -0.4 is 0 Å². The van der Waals surface area contributed by atoms with Gasteiger partial charge in [0.2, 0.25) is 12.1 Å². The Morgan fingerprint density at radius 1 is 0.700 bits per heavy atom. The van der Waals surface area contributed by atoms with E-state index in [0.717, 1.165) is 69.5 Å². The Morgan fingerprint density at radius 2 is 1.28 bits per heavy atom. The van der Waals surface area contributed by atoms with Crippen LogP contribution in [-0.2, 0) is 9.47 Å². The van der Waals surface area contributed by atoms with Gasteiger partial charge in [0.05, 0.1) is 30.7 Å². The standard InChI is InChI=1S/C49H74ClN4O6/c1-48(2)41-23-19-33(53(55)56)31-43(41)51(27-29-59-35-13-7-5-8-14-35)45(48)25-21-39-37-17-11-12-18-38(37)40(47(39)50)22-26-46-49(3,4)42-24-20-34(54(57)58)32-44(42)52(46)28-30-60-36-15-9-6-10-16-36/h21-22,25-26,33-38,41-44H,5-20,23-24,27-32H2,1-4H3/q+1. The summed E-state index contributed by atoms with van der Waals surface area (Å²) >= 11 is 7.60. The molecule has 6 fully saturated rings. The van der Waals surface area contributed by atoms with Crippen molar-refractivity contribution < 1.29 is 23.9 Å². The van der Waals surface area contributed by atoms with Crippen LogP contribution in [0.1, 0.15) is 156 Å². The van der Waals surface area contributed by atoms with Gasteiger partial charge in [0.1, 0.15) is 6.61 Å². The average Bonchev–Trinajstić information content (AvgIpc) is 3.72. The van der Waals surface area contributed by atoms with Gasteiger partial charge in [-0.3, -0.25) is 20.2 Å². The van der Waals surface area contributed by atoms with Crippen LogP contribution in [-0.4, -0.2) is 87.7 Å². The van der Waals surface area contributed by atoms with Crippen molar-refractivity contribution in [1.29, 1.82) is 0 Å². The fourth-order valence-corrected chi connectivity index (χ4v) is 14.3. The van der Waals surface area contributed by atoms with Gasteiger partial charge in [-0.1, -0.05) is 89.0 Å². The molecule has 1 saturated heterocycles. The number of fused-ring (bicyclic) bond motifs is 3. The molecule has 0 aromatic carbocycles. The molecule has 11 heteroatoms. The molecule has 8 atom stereocenters. The van der Waals surface area contributed by atoms with E-state index < -0.39 is 12.1 Å². The Kier molecular flexibility index (Phi) is 13.7. The molecule has 5 saturated carbocycles. The van der Waals surface area contributed by atoms with Crippen molar-refractivity contribution in [1.82, 2.24) is 4.90 Å². The van der Waals surface area contributed by atoms with Gasteiger partial charge in [-0.2, -0.15) is 0 Å². The van der Waals surface area contributed by atoms with Crippen molar-refractivity contribution in [2.24, 2.45) is 34.5 Å². The van der Waals surface area contributed by atoms with E-state index in [1.54, 1.807) is 0 Å². The smallest absolute Gasteiger partial charge is 0.219 e. The minimum atomic E-state index is -0.493. The lowest BCUT2D eigenvalue weighted by Crippen LogP contribution is -2.43. The Bertz CT molecular complexity index is 1750. The first-order valence-electron chi connectivity index (χ1n) is 24.3. The number of hydrogen-bond acceptors (Lipinski definition) is 7. The molecular formula is C49H74ClN4O6+. The van der Waals surface area contributed by atoms with Crippen LogP contribution in [0.2, 0.25) is 0 Å². The molecule has 10 nitrogen and oxygen atoms in total. The summed E-state index contributed by atoms with van der Waals surface area (Å²) in [6.07, 6.45) is 30.9. The summed E-state index contributed by atoms with van der Waals surface area (Å²) in [6, 6.07) is -0.724. The highest BCUT2D eigenvalue weighted by atomic mass is 35.5. The van der Waals surface area contributed by atoms with E-state index in [1.165, 1.54) is 73.9 Å². The molecule has 2 aliphatic heterocycles. The summed E-state index contributed by atoms with van der Waals surface area (Å²) in [7, 11) is 0. The van der Waals surface area contributed by atoms with E-state index in [-0.39, 0.29) is 32.8 Å². The topological polar surface area (TPSA) is 111 Å². The number of nitrogens with zero attached hydrogens (tertiary/aromatic N) is 4. The monoisotopic (exact) mass is 850 g/mol. The summed E-state index contributed by atoms with van der Waals surface area (Å²) in [4.78, 5) is 26.6. The Morgan fingerprint density at radius 3 is 1.93 bits per heavy atom. The zero-order chi connectivity index (χ0) is 42.2. The maximum atomic E-state index is 12.1. The highest BCUT2D eigenvalue weighted by Gasteiger charge is 2.58. The molecule has 8 unspecified atom stereocenters. The number of nitro groups is 2. The van der Waals surface area contributed by atoms with Crippen LogP contribution in [0.3, 0.4) is 0 Å². The van der Waals surface area contributed by atoms with Gasteiger partial charge >= 0.3 is 0 Å². The average molecular weight is 851 g/mol. The highest BCUT2D eigenvalue weighted by Crippen LogP contribution is 2.55. The van der Waals surface area contributed by atoms with Crippen molar-refractivity contribution in [2.45, 2.75) is 192 Å². The molecule has 0 radical (unpaired) electrons. The lowest BCUT2D eigenvalue weighted by molar-refractivity contribution is -0.593. The van der Waals surface area contributed by atoms with Crippen LogP contribution in [0.5, 0.6) is 0 Å². The Labute approximate surface area is 364 Å². The van der Waals surface area contributed by atoms with Gasteiger partial charge in [-0.15, -0.1) is 0 Å². The summed E-state index contributed by atoms with van der Waals surface area (Å²) in [5.74, 6) is 1.44. The van der Waals surface area contributed by atoms with Crippen molar-refractivity contribution in [3.8, 4) is 0 Å². The van der Waals surface area contributed by atoms with Crippen LogP contribution >= 0.6 is 11.6 Å². The number of ether oxygens (including phenoxy) is 2. The number of likely N-dealkylation sites (tertiary alicyclic amines) is 1. The normalized spacial score (nSPS) is 36.0. The number of hydrogen-bond donors (Lipinski definition) is 0. The second-order valence-corrected chi connectivity index (χ2v) is 21.5.